The fraction of sp³-hybridized carbons (Fsp3) is 0.277. The second-order valence-electron chi connectivity index (χ2n) is 19.8. The summed E-state index contributed by atoms with van der Waals surface area (Å²) in [4.78, 5) is 54.3. The number of nitrogens with one attached hydrogen (secondary N) is 1. The van der Waals surface area contributed by atoms with Crippen LogP contribution in [0.15, 0.2) is 152 Å². The van der Waals surface area contributed by atoms with Crippen molar-refractivity contribution in [2.24, 2.45) is 10.7 Å². The first-order valence-corrected chi connectivity index (χ1v) is 28.6. The second kappa shape index (κ2) is 35.4. The summed E-state index contributed by atoms with van der Waals surface area (Å²) in [6.07, 6.45) is 2.82. The summed E-state index contributed by atoms with van der Waals surface area (Å²) in [5, 5.41) is 25.7. The summed E-state index contributed by atoms with van der Waals surface area (Å²) in [6, 6.07) is 42.4. The Morgan fingerprint density at radius 1 is 0.674 bits per heavy atom. The first-order chi connectivity index (χ1) is 42.8. The third-order valence-electron chi connectivity index (χ3n) is 12.3. The van der Waals surface area contributed by atoms with Crippen LogP contribution >= 0.6 is 24.4 Å². The number of hydrogen-bond donors (Lipinski definition) is 3. The van der Waals surface area contributed by atoms with E-state index in [4.69, 9.17) is 66.2 Å². The van der Waals surface area contributed by atoms with Crippen LogP contribution in [0.2, 0.25) is 0 Å². The predicted molar refractivity (Wildman–Crippen MR) is 344 cm³/mol. The largest absolute Gasteiger partial charge is 0.493 e. The van der Waals surface area contributed by atoms with Gasteiger partial charge in [0.15, 0.2) is 57.6 Å². The van der Waals surface area contributed by atoms with Crippen molar-refractivity contribution in [1.82, 2.24) is 30.3 Å². The molecule has 24 heteroatoms. The first-order valence-electron chi connectivity index (χ1n) is 27.8. The molecule has 464 valence electrons. The minimum Gasteiger partial charge on any atom is -0.493 e. The molecule has 0 atom stereocenters. The van der Waals surface area contributed by atoms with Crippen LogP contribution < -0.4 is 35.7 Å². The van der Waals surface area contributed by atoms with E-state index in [9.17, 15) is 19.2 Å². The smallest absolute Gasteiger partial charge is 0.407 e. The van der Waals surface area contributed by atoms with Crippen molar-refractivity contribution >= 4 is 75.4 Å². The molecule has 9 aromatic rings. The van der Waals surface area contributed by atoms with Crippen LogP contribution in [0.25, 0.3) is 44.9 Å². The Labute approximate surface area is 525 Å². The molecule has 0 aliphatic rings. The van der Waals surface area contributed by atoms with Crippen molar-refractivity contribution in [3.63, 3.8) is 0 Å². The number of unbranched alkanes of at least 4 members (excludes halogenated alkanes) is 1. The molecule has 0 spiro atoms. The monoisotopic (exact) mass is 1250 g/mol. The van der Waals surface area contributed by atoms with E-state index in [0.717, 1.165) is 29.5 Å². The highest BCUT2D eigenvalue weighted by atomic mass is 32.1. The molecule has 1 amide bonds. The van der Waals surface area contributed by atoms with Gasteiger partial charge in [0.05, 0.1) is 50.4 Å². The van der Waals surface area contributed by atoms with Gasteiger partial charge in [-0.05, 0) is 64.1 Å². The molecule has 0 aliphatic carbocycles. The number of aliphatic imine (C=N–C) groups is 1. The number of carbonyl (C=O) groups is 4. The van der Waals surface area contributed by atoms with Crippen molar-refractivity contribution in [2.75, 3.05) is 47.3 Å². The number of alkyl carbamates (subject to hydrolysis) is 1. The van der Waals surface area contributed by atoms with Crippen molar-refractivity contribution in [1.29, 1.82) is 5.26 Å². The number of nitrogens with two attached hydrogens (primary N) is 2. The fourth-order valence-electron chi connectivity index (χ4n) is 7.84. The molecule has 4 aromatic heterocycles. The maximum Gasteiger partial charge on any atom is 0.407 e. The molecule has 9 rings (SSSR count). The quantitative estimate of drug-likeness (QED) is 0.0363. The van der Waals surface area contributed by atoms with Gasteiger partial charge in [-0.3, -0.25) is 14.4 Å². The molecule has 0 saturated carbocycles. The Balaban J connectivity index is 0.000000216. The van der Waals surface area contributed by atoms with Crippen LogP contribution in [0, 0.1) is 16.1 Å². The number of methoxy groups -OCH3 is 4. The zero-order valence-electron chi connectivity index (χ0n) is 50.9. The molecule has 4 heterocycles. The molecule has 22 nitrogen and oxygen atoms in total. The minimum absolute atomic E-state index is 0.0535. The first kappa shape index (κ1) is 69.6. The molecule has 0 saturated heterocycles. The van der Waals surface area contributed by atoms with E-state index in [1.54, 1.807) is 61.3 Å². The number of isothiocyanates is 1. The zero-order valence-corrected chi connectivity index (χ0v) is 52.5. The van der Waals surface area contributed by atoms with E-state index in [2.05, 4.69) is 55.1 Å². The number of rotatable bonds is 20. The maximum absolute atomic E-state index is 12.6. The van der Waals surface area contributed by atoms with Crippen LogP contribution in [0.4, 0.5) is 16.3 Å². The second-order valence-corrected chi connectivity index (χ2v) is 20.4. The molecule has 5 aromatic carbocycles. The zero-order chi connectivity index (χ0) is 64.9. The number of fused-ring (bicyclic) bond motifs is 1. The number of nitriles is 1. The third kappa shape index (κ3) is 21.3. The lowest BCUT2D eigenvalue weighted by molar-refractivity contribution is 0.0528. The summed E-state index contributed by atoms with van der Waals surface area (Å²) >= 11 is 9.91. The summed E-state index contributed by atoms with van der Waals surface area (Å²) in [5.41, 5.74) is 16.3. The highest BCUT2D eigenvalue weighted by Gasteiger charge is 2.18. The molecular weight excluding hydrogens is 1180 g/mol. The van der Waals surface area contributed by atoms with Crippen LogP contribution in [0.3, 0.4) is 0 Å². The maximum atomic E-state index is 12.6. The topological polar surface area (TPSA) is 311 Å². The highest BCUT2D eigenvalue weighted by Crippen LogP contribution is 2.35. The van der Waals surface area contributed by atoms with Crippen LogP contribution in [-0.2, 0) is 11.3 Å². The van der Waals surface area contributed by atoms with Crippen LogP contribution in [0.5, 0.6) is 23.0 Å². The third-order valence-corrected chi connectivity index (χ3v) is 12.7. The number of carbonyl (C=O) groups excluding carboxylic acids is 4. The van der Waals surface area contributed by atoms with Gasteiger partial charge in [-0.1, -0.05) is 120 Å². The number of ether oxygens (including phenoxy) is 5. The molecule has 5 N–H and O–H groups in total. The van der Waals surface area contributed by atoms with E-state index in [-0.39, 0.29) is 23.8 Å². The molecule has 89 heavy (non-hydrogen) atoms. The molecule has 0 aliphatic heterocycles. The molecular formula is C65H70N10O12S2. The van der Waals surface area contributed by atoms with E-state index in [0.29, 0.717) is 123 Å². The summed E-state index contributed by atoms with van der Waals surface area (Å²) in [5.74, 6) is 4.22. The molecule has 0 radical (unpaired) electrons. The van der Waals surface area contributed by atoms with E-state index in [1.807, 2.05) is 118 Å². The van der Waals surface area contributed by atoms with Gasteiger partial charge < -0.3 is 58.6 Å². The van der Waals surface area contributed by atoms with Gasteiger partial charge in [0.2, 0.25) is 4.77 Å². The van der Waals surface area contributed by atoms with Gasteiger partial charge in [0, 0.05) is 97.9 Å². The van der Waals surface area contributed by atoms with Crippen molar-refractivity contribution < 1.29 is 56.4 Å². The lowest BCUT2D eigenvalue weighted by atomic mass is 10.1. The summed E-state index contributed by atoms with van der Waals surface area (Å²) < 4.78 is 43.3. The number of aromatic nitrogens is 5. The van der Waals surface area contributed by atoms with E-state index in [1.165, 1.54) is 21.1 Å². The standard InChI is InChI=1S/C23H22N4O4S.C14H15NO2.C11H9NO2.C10H8N2O2S.C7H16N2O2/c1-29-20-11-15-16(12-21(20)30-2)25-23(32)27(22(15)24)10-6-9-18(28)17-13-19(31-26-17)14-7-4-3-5-8-14;1-2-3-9-13(16)12-10-14(17-15-12)11-7-5-4-6-8-11;1-8(13)10-7-11(14-12-10)9-5-3-2-4-6-9;1-13-9-3-7(5-11)8(12-6-15)4-10(9)14-2;1-7(2,3)11-6(10)9-5-4-8/h3-5,7-8,11-13H,6,9-10,24H2,1-2H3;4-8,10H,2-3,9H2,1H3;2-7H,1H3;3-4H,1-2H3;4-5,8H2,1-3H3,(H,9,10). The van der Waals surface area contributed by atoms with Gasteiger partial charge in [0.25, 0.3) is 0 Å². The normalized spacial score (nSPS) is 10.3. The van der Waals surface area contributed by atoms with Crippen molar-refractivity contribution in [3.8, 4) is 63.0 Å². The molecule has 0 bridgehead atoms. The van der Waals surface area contributed by atoms with Gasteiger partial charge in [0.1, 0.15) is 34.6 Å². The lowest BCUT2D eigenvalue weighted by Gasteiger charge is -2.19. The number of amides is 1. The SMILES string of the molecule is CC(=O)c1cc(-c2ccccc2)on1.CC(C)(C)OC(=O)NCCN.CCCCC(=O)c1cc(-c2ccccc2)on1.COc1cc(C#N)c(N=C=S)cc1OC.COc1cc2nc(=S)n(CCCC(=O)c3cc(-c4ccccc4)on3)c(N)c2cc1OC. The molecule has 0 unspecified atom stereocenters. The van der Waals surface area contributed by atoms with Crippen molar-refractivity contribution in [2.45, 2.75) is 78.9 Å². The van der Waals surface area contributed by atoms with E-state index < -0.39 is 11.7 Å². The number of benzene rings is 5. The van der Waals surface area contributed by atoms with Gasteiger partial charge in [-0.2, -0.15) is 10.3 Å². The van der Waals surface area contributed by atoms with Gasteiger partial charge >= 0.3 is 6.09 Å². The number of nitrogen functional groups attached to an aromatic ring is 1. The number of Topliss-reactive ketones (excluding diaryl/α,β-unsaturated/α-hetero) is 3. The number of hydrogen-bond acceptors (Lipinski definition) is 22. The Morgan fingerprint density at radius 3 is 1.55 bits per heavy atom. The van der Waals surface area contributed by atoms with E-state index >= 15 is 0 Å². The van der Waals surface area contributed by atoms with Crippen LogP contribution in [-0.4, -0.2) is 101 Å². The van der Waals surface area contributed by atoms with Gasteiger partial charge in [-0.15, -0.1) is 0 Å². The predicted octanol–water partition coefficient (Wildman–Crippen LogP) is 13.7. The Bertz CT molecular complexity index is 3920. The Morgan fingerprint density at radius 2 is 1.12 bits per heavy atom. The van der Waals surface area contributed by atoms with Crippen molar-refractivity contribution in [3.05, 3.63) is 161 Å². The minimum atomic E-state index is -0.432. The number of thiocarbonyl (C=S) groups is 1. The Kier molecular flexibility index (Phi) is 27.7. The summed E-state index contributed by atoms with van der Waals surface area (Å²) in [6.45, 7) is 10.3. The average Bonchev–Trinajstić information content (AvgIpc) is 2.39. The van der Waals surface area contributed by atoms with Crippen LogP contribution in [0.1, 0.15) is 104 Å². The Hall–Kier alpha value is -10.2. The summed E-state index contributed by atoms with van der Waals surface area (Å²) in [7, 11) is 6.12. The average molecular weight is 1250 g/mol. The fourth-order valence-corrected chi connectivity index (χ4v) is 8.23. The molecule has 0 fully saturated rings. The number of nitrogens with zero attached hydrogens (tertiary/aromatic N) is 7. The lowest BCUT2D eigenvalue weighted by Crippen LogP contribution is -2.35. The van der Waals surface area contributed by atoms with Gasteiger partial charge in [-0.25, -0.2) is 9.78 Å². The number of ketones is 3. The number of anilines is 1. The highest BCUT2D eigenvalue weighted by molar-refractivity contribution is 7.78.